The summed E-state index contributed by atoms with van der Waals surface area (Å²) in [5.74, 6) is -2.66. The van der Waals surface area contributed by atoms with E-state index in [-0.39, 0.29) is 168 Å². The van der Waals surface area contributed by atoms with Gasteiger partial charge in [-0.25, -0.2) is 54.3 Å². The average Bonchev–Trinajstić information content (AvgIpc) is 0.791. The number of carbonyl (C=O) groups is 4. The number of allylic oxidation sites excluding steroid dienone is 1. The molecule has 4 fully saturated rings. The largest absolute Gasteiger partial charge is 0.444 e. The fourth-order valence-corrected chi connectivity index (χ4v) is 13.5. The molecule has 3 aromatic carbocycles. The van der Waals surface area contributed by atoms with Gasteiger partial charge in [-0.2, -0.15) is 26.3 Å². The lowest BCUT2D eigenvalue weighted by Gasteiger charge is -2.36. The molecule has 11 rings (SSSR count). The third-order valence-electron chi connectivity index (χ3n) is 19.9. The lowest BCUT2D eigenvalue weighted by Crippen LogP contribution is -2.45. The van der Waals surface area contributed by atoms with Gasteiger partial charge in [-0.3, -0.25) is 25.3 Å². The highest BCUT2D eigenvalue weighted by molar-refractivity contribution is 5.89. The first-order chi connectivity index (χ1) is 58.5. The second-order valence-electron chi connectivity index (χ2n) is 32.2. The van der Waals surface area contributed by atoms with Crippen LogP contribution in [0.3, 0.4) is 0 Å². The van der Waals surface area contributed by atoms with E-state index in [1.54, 1.807) is 78.0 Å². The van der Waals surface area contributed by atoms with Crippen molar-refractivity contribution in [2.24, 2.45) is 0 Å². The number of carbonyl (C=O) groups excluding carboxylic acids is 4. The Balaban J connectivity index is 0.000000281. The van der Waals surface area contributed by atoms with Crippen LogP contribution in [0.4, 0.5) is 92.0 Å². The molecule has 4 aromatic heterocycles. The maximum absolute atomic E-state index is 15.4. The zero-order valence-electron chi connectivity index (χ0n) is 71.1. The van der Waals surface area contributed by atoms with Crippen molar-refractivity contribution >= 4 is 48.1 Å². The number of piperidine rings is 4. The number of amides is 5. The molecule has 126 heavy (non-hydrogen) atoms. The highest BCUT2D eigenvalue weighted by Gasteiger charge is 2.46. The first kappa shape index (κ1) is 107. The number of nitrogens with one attached hydrogen (secondary N) is 3. The molecule has 696 valence electrons. The molecule has 24 nitrogen and oxygen atoms in total. The molecule has 0 unspecified atom stereocenters. The Bertz CT molecular complexity index is 4680. The van der Waals surface area contributed by atoms with Crippen molar-refractivity contribution in [1.29, 1.82) is 0 Å². The molecule has 7 aromatic rings. The van der Waals surface area contributed by atoms with Crippen molar-refractivity contribution in [2.45, 2.75) is 197 Å². The van der Waals surface area contributed by atoms with Gasteiger partial charge in [0.05, 0.1) is 49.3 Å². The van der Waals surface area contributed by atoms with E-state index in [9.17, 15) is 82.8 Å². The fourth-order valence-electron chi connectivity index (χ4n) is 13.5. The van der Waals surface area contributed by atoms with Crippen molar-refractivity contribution in [2.75, 3.05) is 89.9 Å². The van der Waals surface area contributed by atoms with Crippen molar-refractivity contribution < 1.29 is 131 Å². The lowest BCUT2D eigenvalue weighted by molar-refractivity contribution is -0.138. The molecular formula is C87H109ClF14N10O14. The molecule has 3 atom stereocenters. The van der Waals surface area contributed by atoms with E-state index in [0.717, 1.165) is 37.4 Å². The summed E-state index contributed by atoms with van der Waals surface area (Å²) >= 11 is 0. The number of ether oxygens (including phenoxy) is 3. The van der Waals surface area contributed by atoms with Crippen LogP contribution in [0.15, 0.2) is 128 Å². The van der Waals surface area contributed by atoms with E-state index in [4.69, 9.17) is 34.6 Å². The summed E-state index contributed by atoms with van der Waals surface area (Å²) in [5.41, 5.74) is -9.24. The number of aliphatic hydroxyl groups is 7. The Morgan fingerprint density at radius 2 is 0.794 bits per heavy atom. The quantitative estimate of drug-likeness (QED) is 0.0282. The van der Waals surface area contributed by atoms with Crippen LogP contribution in [0, 0.1) is 37.1 Å². The first-order valence-corrected chi connectivity index (χ1v) is 39.9. The van der Waals surface area contributed by atoms with E-state index in [1.807, 2.05) is 0 Å². The molecule has 39 heteroatoms. The minimum Gasteiger partial charge on any atom is -0.444 e. The molecule has 0 aliphatic carbocycles. The Morgan fingerprint density at radius 3 is 1.10 bits per heavy atom. The zero-order valence-corrected chi connectivity index (χ0v) is 71.9. The number of para-hydroxylation sites is 1. The Morgan fingerprint density at radius 1 is 0.484 bits per heavy atom. The van der Waals surface area contributed by atoms with Crippen molar-refractivity contribution in [3.63, 3.8) is 0 Å². The van der Waals surface area contributed by atoms with Gasteiger partial charge in [0.15, 0.2) is 22.7 Å². The highest BCUT2D eigenvalue weighted by Crippen LogP contribution is 2.43. The number of pyridine rings is 4. The highest BCUT2D eigenvalue weighted by atomic mass is 35.5. The number of aryl methyl sites for hydroxylation is 2. The molecule has 0 bridgehead atoms. The summed E-state index contributed by atoms with van der Waals surface area (Å²) in [6.07, 6.45) is -6.27. The molecule has 4 aliphatic rings. The summed E-state index contributed by atoms with van der Waals surface area (Å²) in [4.78, 5) is 68.0. The number of aromatic nitrogens is 4. The van der Waals surface area contributed by atoms with Gasteiger partial charge in [0.25, 0.3) is 0 Å². The summed E-state index contributed by atoms with van der Waals surface area (Å²) in [6.45, 7) is 16.9. The number of hydrogen-bond donors (Lipinski definition) is 10. The van der Waals surface area contributed by atoms with Gasteiger partial charge >= 0.3 is 36.7 Å². The number of hydrogen-bond acceptors (Lipinski definition) is 19. The Kier molecular flexibility index (Phi) is 40.0. The molecule has 0 saturated carbocycles. The van der Waals surface area contributed by atoms with Gasteiger partial charge in [0.1, 0.15) is 63.0 Å². The number of halogens is 15. The Hall–Kier alpha value is -9.93. The third kappa shape index (κ3) is 32.1. The van der Waals surface area contributed by atoms with E-state index in [0.29, 0.717) is 47.5 Å². The van der Waals surface area contributed by atoms with Gasteiger partial charge in [-0.05, 0) is 194 Å². The van der Waals surface area contributed by atoms with Crippen LogP contribution in [-0.2, 0) is 70.2 Å². The molecule has 8 heterocycles. The molecule has 10 N–H and O–H groups in total. The average molecular weight is 1820 g/mol. The lowest BCUT2D eigenvalue weighted by atomic mass is 9.89. The molecule has 5 amide bonds. The predicted molar refractivity (Wildman–Crippen MR) is 442 cm³/mol. The van der Waals surface area contributed by atoms with Crippen molar-refractivity contribution in [3.05, 3.63) is 219 Å². The van der Waals surface area contributed by atoms with E-state index < -0.39 is 143 Å². The predicted octanol–water partition coefficient (Wildman–Crippen LogP) is 15.7. The molecular weight excluding hydrogens is 1710 g/mol. The fraction of sp³-hybridized carbons (Fsp3) is 0.494. The van der Waals surface area contributed by atoms with Crippen LogP contribution in [0.5, 0.6) is 5.75 Å². The normalized spacial score (nSPS) is 16.5. The van der Waals surface area contributed by atoms with Gasteiger partial charge in [0, 0.05) is 140 Å². The Labute approximate surface area is 727 Å². The molecule has 4 aliphatic heterocycles. The van der Waals surface area contributed by atoms with Crippen LogP contribution in [0.25, 0.3) is 0 Å². The SMILES string of the molecule is C=CCc1cnc(C2(F)CCN(C(=O)OC(C)(C)C)CC2)c(F)c1.CC(C)(C)OC(=O)N1CCC(F)(c2ncc(C[C@H](O)CO)cc2F)CC1.CO.Cc1cc(NC(=O)N2CCC(F)(c3ncc(C[C@H](O)CO)cc3F)CC2)ccc1C(F)(F)F.Cc1cc(NC(=O)Oc2ccccc2)ccc1C(F)(F)F.Cl.OC[C@@H](O)Cc1cnc(C2(F)CCNCC2)c(F)c1. The number of benzene rings is 3. The van der Waals surface area contributed by atoms with E-state index in [1.165, 1.54) is 83.7 Å². The second kappa shape index (κ2) is 47.2. The van der Waals surface area contributed by atoms with Crippen LogP contribution >= 0.6 is 12.4 Å². The molecule has 0 spiro atoms. The summed E-state index contributed by atoms with van der Waals surface area (Å²) in [7, 11) is 1.00. The van der Waals surface area contributed by atoms with E-state index in [2.05, 4.69) is 42.5 Å². The number of aliphatic hydroxyl groups excluding tert-OH is 7. The maximum atomic E-state index is 15.4. The molecule has 0 radical (unpaired) electrons. The van der Waals surface area contributed by atoms with E-state index >= 15 is 13.2 Å². The van der Waals surface area contributed by atoms with Gasteiger partial charge in [-0.15, -0.1) is 19.0 Å². The zero-order chi connectivity index (χ0) is 93.2. The summed E-state index contributed by atoms with van der Waals surface area (Å²) in [5, 5.41) is 69.5. The van der Waals surface area contributed by atoms with Gasteiger partial charge in [-0.1, -0.05) is 24.3 Å². The third-order valence-corrected chi connectivity index (χ3v) is 19.9. The second-order valence-corrected chi connectivity index (χ2v) is 32.2. The minimum absolute atomic E-state index is 0. The standard InChI is InChI=1S/C22H24F5N3O3.C18H26F2N2O4.C18H24F2N2O2.C15H12F3NO2.C13H18F2N2O2.CH4O.ClH/c1-13-8-15(2-3-17(13)22(25,26)27)29-20(33)30-6-4-21(24,5-7-30)19-18(23)10-14(11-28-19)9-16(32)12-31;1-17(2,3)26-16(25)22-6-4-18(20,5-7-22)15-14(19)9-12(10-21-15)8-13(24)11-23;1-5-6-13-11-14(19)15(21-12-13)18(20)7-9-22(10-8-18)16(23)24-17(2,3)4;1-10-9-11(7-8-13(10)15(16,17)18)19-14(20)21-12-5-3-2-4-6-12;14-11-6-9(5-10(19)8-18)7-17-12(11)13(15)1-3-16-4-2-13;1-2;/h2-3,8,10-11,16,31-32H,4-7,9,12H2,1H3,(H,29,33);9-10,13,23-24H,4-8,11H2,1-3H3;5,11-12H,1,6-10H2,2-4H3;2-9H,1H3,(H,19,20);6-7,10,16,18-19H,1-5,8H2;2H,1H3;1H/t16-;13-;;;10-;;/m00..0../s1. The number of alkyl halides is 10. The smallest absolute Gasteiger partial charge is 0.417 e. The number of urea groups is 1. The number of likely N-dealkylation sites (tertiary alicyclic amines) is 3. The van der Waals surface area contributed by atoms with Crippen LogP contribution in [0.1, 0.15) is 160 Å². The van der Waals surface area contributed by atoms with Crippen molar-refractivity contribution in [3.8, 4) is 5.75 Å². The van der Waals surface area contributed by atoms with Gasteiger partial charge in [0.2, 0.25) is 0 Å². The summed E-state index contributed by atoms with van der Waals surface area (Å²) in [6, 6.07) is 19.0. The van der Waals surface area contributed by atoms with Crippen LogP contribution in [-0.4, -0.2) is 203 Å². The van der Waals surface area contributed by atoms with Crippen molar-refractivity contribution in [1.82, 2.24) is 40.0 Å². The number of nitrogens with zero attached hydrogens (tertiary/aromatic N) is 7. The number of anilines is 2. The topological polar surface area (TPSA) is 335 Å². The monoisotopic (exact) mass is 1820 g/mol. The van der Waals surface area contributed by atoms with Gasteiger partial charge < -0.3 is 75.3 Å². The van der Waals surface area contributed by atoms with Crippen LogP contribution < -0.4 is 20.7 Å². The maximum Gasteiger partial charge on any atom is 0.417 e. The number of rotatable bonds is 18. The molecule has 4 saturated heterocycles. The minimum atomic E-state index is -4.50. The first-order valence-electron chi connectivity index (χ1n) is 39.9. The van der Waals surface area contributed by atoms with Crippen LogP contribution in [0.2, 0.25) is 0 Å². The summed E-state index contributed by atoms with van der Waals surface area (Å²) < 4.78 is 210.